The van der Waals surface area contributed by atoms with Crippen LogP contribution in [0.4, 0.5) is 0 Å². The first kappa shape index (κ1) is 21.5. The number of para-hydroxylation sites is 4. The molecular weight excluding hydrogens is 396 g/mol. The first-order valence-corrected chi connectivity index (χ1v) is 9.79. The quantitative estimate of drug-likeness (QED) is 0.323. The van der Waals surface area contributed by atoms with Gasteiger partial charge in [0.2, 0.25) is 0 Å². The molecule has 0 spiro atoms. The van der Waals surface area contributed by atoms with Crippen LogP contribution in [-0.2, 0) is 6.54 Å². The van der Waals surface area contributed by atoms with Crippen molar-refractivity contribution in [3.05, 3.63) is 90.3 Å². The molecule has 3 aromatic carbocycles. The Morgan fingerprint density at radius 1 is 0.867 bits per heavy atom. The Bertz CT molecular complexity index is 1110. The van der Waals surface area contributed by atoms with Gasteiger partial charge in [-0.3, -0.25) is 0 Å². The summed E-state index contributed by atoms with van der Waals surface area (Å²) in [6.45, 7) is 1.49. The summed E-state index contributed by atoms with van der Waals surface area (Å²) < 4.78 is 13.5. The summed E-state index contributed by atoms with van der Waals surface area (Å²) in [4.78, 5) is 4.81. The Morgan fingerprint density at radius 2 is 1.60 bits per heavy atom. The molecule has 0 unspecified atom stereocenters. The number of rotatable bonds is 8. The fourth-order valence-electron chi connectivity index (χ4n) is 3.35. The Balaban J connectivity index is 0.00000256. The van der Waals surface area contributed by atoms with Crippen LogP contribution in [-0.4, -0.2) is 23.3 Å². The van der Waals surface area contributed by atoms with Crippen LogP contribution >= 0.6 is 12.4 Å². The standard InChI is InChI=1S/C25H24N2O2.ClH/c1-28-24-15-8-5-10-20(24)16-17-25-26-22-13-6-7-14-23(22)27(25)18-9-19-29-21-11-3-2-4-12-21;/h2-8,10-17H,9,18-19H2,1H3;1H. The van der Waals surface area contributed by atoms with Crippen molar-refractivity contribution >= 4 is 35.6 Å². The first-order chi connectivity index (χ1) is 14.3. The topological polar surface area (TPSA) is 36.3 Å². The molecule has 0 amide bonds. The van der Waals surface area contributed by atoms with Gasteiger partial charge in [-0.25, -0.2) is 4.98 Å². The molecule has 0 aliphatic heterocycles. The molecular formula is C25H25ClN2O2. The smallest absolute Gasteiger partial charge is 0.133 e. The summed E-state index contributed by atoms with van der Waals surface area (Å²) in [6.07, 6.45) is 5.00. The molecule has 4 nitrogen and oxygen atoms in total. The van der Waals surface area contributed by atoms with Gasteiger partial charge < -0.3 is 14.0 Å². The summed E-state index contributed by atoms with van der Waals surface area (Å²) in [5.74, 6) is 2.68. The molecule has 1 heterocycles. The SMILES string of the molecule is COc1ccccc1C=Cc1nc2ccccc2n1CCCOc1ccccc1.Cl. The van der Waals surface area contributed by atoms with Gasteiger partial charge in [-0.1, -0.05) is 48.5 Å². The maximum absolute atomic E-state index is 5.85. The van der Waals surface area contributed by atoms with Crippen LogP contribution in [0.25, 0.3) is 23.2 Å². The molecule has 0 saturated carbocycles. The number of methoxy groups -OCH3 is 1. The van der Waals surface area contributed by atoms with Crippen LogP contribution < -0.4 is 9.47 Å². The summed E-state index contributed by atoms with van der Waals surface area (Å²) in [7, 11) is 1.69. The normalized spacial score (nSPS) is 10.8. The maximum atomic E-state index is 5.85. The van der Waals surface area contributed by atoms with Crippen molar-refractivity contribution in [2.24, 2.45) is 0 Å². The summed E-state index contributed by atoms with van der Waals surface area (Å²) in [6, 6.07) is 26.1. The van der Waals surface area contributed by atoms with Gasteiger partial charge in [0, 0.05) is 12.1 Å². The lowest BCUT2D eigenvalue weighted by atomic mass is 10.2. The van der Waals surface area contributed by atoms with Gasteiger partial charge in [0.05, 0.1) is 24.8 Å². The van der Waals surface area contributed by atoms with E-state index in [1.807, 2.05) is 66.7 Å². The minimum absolute atomic E-state index is 0. The van der Waals surface area contributed by atoms with Crippen LogP contribution in [0.5, 0.6) is 11.5 Å². The molecule has 5 heteroatoms. The van der Waals surface area contributed by atoms with Crippen molar-refractivity contribution < 1.29 is 9.47 Å². The Morgan fingerprint density at radius 3 is 2.43 bits per heavy atom. The molecule has 0 aliphatic carbocycles. The molecule has 1 aromatic heterocycles. The lowest BCUT2D eigenvalue weighted by Crippen LogP contribution is -2.06. The fraction of sp³-hybridized carbons (Fsp3) is 0.160. The van der Waals surface area contributed by atoms with Gasteiger partial charge in [-0.05, 0) is 48.9 Å². The second kappa shape index (κ2) is 10.5. The third kappa shape index (κ3) is 5.02. The molecule has 0 fully saturated rings. The number of aryl methyl sites for hydroxylation is 1. The summed E-state index contributed by atoms with van der Waals surface area (Å²) in [5.41, 5.74) is 3.16. The monoisotopic (exact) mass is 420 g/mol. The average Bonchev–Trinajstić information content (AvgIpc) is 3.13. The van der Waals surface area contributed by atoms with Crippen LogP contribution in [0, 0.1) is 0 Å². The van der Waals surface area contributed by atoms with E-state index in [0.717, 1.165) is 46.9 Å². The van der Waals surface area contributed by atoms with Gasteiger partial charge >= 0.3 is 0 Å². The number of benzene rings is 3. The number of nitrogens with zero attached hydrogens (tertiary/aromatic N) is 2. The Kier molecular flexibility index (Phi) is 7.52. The number of hydrogen-bond acceptors (Lipinski definition) is 3. The van der Waals surface area contributed by atoms with E-state index in [4.69, 9.17) is 14.5 Å². The molecule has 30 heavy (non-hydrogen) atoms. The first-order valence-electron chi connectivity index (χ1n) is 9.79. The van der Waals surface area contributed by atoms with E-state index in [9.17, 15) is 0 Å². The number of halogens is 1. The molecule has 0 atom stereocenters. The minimum Gasteiger partial charge on any atom is -0.496 e. The molecule has 0 aliphatic rings. The van der Waals surface area contributed by atoms with E-state index in [0.29, 0.717) is 6.61 Å². The van der Waals surface area contributed by atoms with Gasteiger partial charge in [0.1, 0.15) is 17.3 Å². The van der Waals surface area contributed by atoms with E-state index in [2.05, 4.69) is 28.9 Å². The number of aromatic nitrogens is 2. The summed E-state index contributed by atoms with van der Waals surface area (Å²) >= 11 is 0. The molecule has 0 N–H and O–H groups in total. The number of hydrogen-bond donors (Lipinski definition) is 0. The van der Waals surface area contributed by atoms with Crippen molar-refractivity contribution in [2.45, 2.75) is 13.0 Å². The maximum Gasteiger partial charge on any atom is 0.133 e. The van der Waals surface area contributed by atoms with Crippen molar-refractivity contribution in [3.63, 3.8) is 0 Å². The van der Waals surface area contributed by atoms with Crippen molar-refractivity contribution in [1.82, 2.24) is 9.55 Å². The highest BCUT2D eigenvalue weighted by Gasteiger charge is 2.08. The van der Waals surface area contributed by atoms with E-state index < -0.39 is 0 Å². The zero-order valence-electron chi connectivity index (χ0n) is 16.9. The van der Waals surface area contributed by atoms with Crippen molar-refractivity contribution in [2.75, 3.05) is 13.7 Å². The van der Waals surface area contributed by atoms with Gasteiger partial charge in [-0.2, -0.15) is 0 Å². The van der Waals surface area contributed by atoms with Crippen molar-refractivity contribution in [1.29, 1.82) is 0 Å². The van der Waals surface area contributed by atoms with Crippen LogP contribution in [0.3, 0.4) is 0 Å². The Labute approximate surface area is 183 Å². The highest BCUT2D eigenvalue weighted by atomic mass is 35.5. The highest BCUT2D eigenvalue weighted by molar-refractivity contribution is 5.85. The third-order valence-corrected chi connectivity index (χ3v) is 4.77. The Hall–Kier alpha value is -3.24. The van der Waals surface area contributed by atoms with E-state index in [1.54, 1.807) is 7.11 Å². The van der Waals surface area contributed by atoms with Crippen LogP contribution in [0.15, 0.2) is 78.9 Å². The minimum atomic E-state index is 0. The largest absolute Gasteiger partial charge is 0.496 e. The van der Waals surface area contributed by atoms with Crippen molar-refractivity contribution in [3.8, 4) is 11.5 Å². The lowest BCUT2D eigenvalue weighted by Gasteiger charge is -2.09. The second-order valence-electron chi connectivity index (χ2n) is 6.70. The zero-order chi connectivity index (χ0) is 19.9. The van der Waals surface area contributed by atoms with Gasteiger partial charge in [-0.15, -0.1) is 12.4 Å². The lowest BCUT2D eigenvalue weighted by molar-refractivity contribution is 0.302. The second-order valence-corrected chi connectivity index (χ2v) is 6.70. The van der Waals surface area contributed by atoms with Gasteiger partial charge in [0.15, 0.2) is 0 Å². The van der Waals surface area contributed by atoms with E-state index in [-0.39, 0.29) is 12.4 Å². The van der Waals surface area contributed by atoms with E-state index >= 15 is 0 Å². The molecule has 0 bridgehead atoms. The zero-order valence-corrected chi connectivity index (χ0v) is 17.7. The number of imidazole rings is 1. The molecule has 0 saturated heterocycles. The number of ether oxygens (including phenoxy) is 2. The predicted molar refractivity (Wildman–Crippen MR) is 125 cm³/mol. The summed E-state index contributed by atoms with van der Waals surface area (Å²) in [5, 5.41) is 0. The molecule has 0 radical (unpaired) electrons. The number of fused-ring (bicyclic) bond motifs is 1. The third-order valence-electron chi connectivity index (χ3n) is 4.77. The molecule has 154 valence electrons. The molecule has 4 rings (SSSR count). The molecule has 4 aromatic rings. The highest BCUT2D eigenvalue weighted by Crippen LogP contribution is 2.22. The predicted octanol–water partition coefficient (Wildman–Crippen LogP) is 6.11. The van der Waals surface area contributed by atoms with Gasteiger partial charge in [0.25, 0.3) is 0 Å². The van der Waals surface area contributed by atoms with Crippen LogP contribution in [0.2, 0.25) is 0 Å². The van der Waals surface area contributed by atoms with Crippen LogP contribution in [0.1, 0.15) is 17.8 Å². The fourth-order valence-corrected chi connectivity index (χ4v) is 3.35. The van der Waals surface area contributed by atoms with E-state index in [1.165, 1.54) is 0 Å². The average molecular weight is 421 g/mol.